The van der Waals surface area contributed by atoms with Crippen LogP contribution in [-0.2, 0) is 0 Å². The van der Waals surface area contributed by atoms with Gasteiger partial charge in [0.05, 0.1) is 0 Å². The zero-order valence-electron chi connectivity index (χ0n) is 8.59. The Morgan fingerprint density at radius 2 is 2.08 bits per heavy atom. The van der Waals surface area contributed by atoms with Crippen molar-refractivity contribution in [3.63, 3.8) is 0 Å². The Bertz CT molecular complexity index is 132. The third-order valence-electron chi connectivity index (χ3n) is 2.77. The van der Waals surface area contributed by atoms with Crippen LogP contribution < -0.4 is 5.73 Å². The molecule has 2 unspecified atom stereocenters. The molecule has 1 saturated heterocycles. The minimum absolute atomic E-state index is 0.317. The minimum atomic E-state index is 0.317. The molecular formula is C10H22N2. The highest BCUT2D eigenvalue weighted by Gasteiger charge is 2.22. The van der Waals surface area contributed by atoms with E-state index >= 15 is 0 Å². The van der Waals surface area contributed by atoms with Gasteiger partial charge in [0.15, 0.2) is 0 Å². The molecule has 0 amide bonds. The molecule has 1 fully saturated rings. The molecule has 1 heterocycles. The maximum atomic E-state index is 5.79. The van der Waals surface area contributed by atoms with Gasteiger partial charge in [-0.15, -0.1) is 0 Å². The molecule has 2 nitrogen and oxygen atoms in total. The molecule has 1 aliphatic rings. The monoisotopic (exact) mass is 170 g/mol. The van der Waals surface area contributed by atoms with Crippen LogP contribution >= 0.6 is 0 Å². The van der Waals surface area contributed by atoms with Crippen molar-refractivity contribution in [3.05, 3.63) is 0 Å². The van der Waals surface area contributed by atoms with Crippen molar-refractivity contribution in [2.75, 3.05) is 13.1 Å². The fraction of sp³-hybridized carbons (Fsp3) is 1.00. The van der Waals surface area contributed by atoms with E-state index in [4.69, 9.17) is 5.73 Å². The van der Waals surface area contributed by atoms with E-state index in [0.717, 1.165) is 18.5 Å². The van der Waals surface area contributed by atoms with E-state index < -0.39 is 0 Å². The Hall–Kier alpha value is -0.0800. The second-order valence-corrected chi connectivity index (χ2v) is 4.46. The van der Waals surface area contributed by atoms with Crippen LogP contribution in [0.3, 0.4) is 0 Å². The largest absolute Gasteiger partial charge is 0.327 e. The normalized spacial score (nSPS) is 35.0. The number of hydrogen-bond acceptors (Lipinski definition) is 2. The molecule has 0 aromatic rings. The number of likely N-dealkylation sites (tertiary alicyclic amines) is 1. The first-order valence-electron chi connectivity index (χ1n) is 5.09. The predicted molar refractivity (Wildman–Crippen MR) is 53.1 cm³/mol. The van der Waals surface area contributed by atoms with Crippen LogP contribution in [0.25, 0.3) is 0 Å². The van der Waals surface area contributed by atoms with Gasteiger partial charge < -0.3 is 5.73 Å². The van der Waals surface area contributed by atoms with Gasteiger partial charge in [0.2, 0.25) is 0 Å². The summed E-state index contributed by atoms with van der Waals surface area (Å²) >= 11 is 0. The van der Waals surface area contributed by atoms with E-state index in [1.807, 2.05) is 0 Å². The summed E-state index contributed by atoms with van der Waals surface area (Å²) in [5.41, 5.74) is 5.79. The summed E-state index contributed by atoms with van der Waals surface area (Å²) in [5, 5.41) is 0. The number of nitrogens with two attached hydrogens (primary N) is 1. The van der Waals surface area contributed by atoms with Crippen molar-refractivity contribution in [1.82, 2.24) is 4.90 Å². The van der Waals surface area contributed by atoms with Crippen LogP contribution in [0.1, 0.15) is 33.6 Å². The van der Waals surface area contributed by atoms with Crippen molar-refractivity contribution in [1.29, 1.82) is 0 Å². The molecule has 1 rings (SSSR count). The van der Waals surface area contributed by atoms with E-state index in [1.54, 1.807) is 0 Å². The summed E-state index contributed by atoms with van der Waals surface area (Å²) in [6, 6.07) is 1.06. The molecule has 0 bridgehead atoms. The second-order valence-electron chi connectivity index (χ2n) is 4.46. The lowest BCUT2D eigenvalue weighted by Gasteiger charge is -2.37. The molecule has 1 aliphatic heterocycles. The summed E-state index contributed by atoms with van der Waals surface area (Å²) in [6.45, 7) is 9.04. The molecule has 12 heavy (non-hydrogen) atoms. The van der Waals surface area contributed by atoms with Gasteiger partial charge in [-0.05, 0) is 32.6 Å². The Kier molecular flexibility index (Phi) is 3.53. The molecule has 0 aliphatic carbocycles. The van der Waals surface area contributed by atoms with Crippen LogP contribution in [0.2, 0.25) is 0 Å². The zero-order chi connectivity index (χ0) is 9.14. The van der Waals surface area contributed by atoms with Gasteiger partial charge in [-0.25, -0.2) is 0 Å². The molecule has 2 heteroatoms. The molecule has 0 aromatic heterocycles. The first-order chi connectivity index (χ1) is 5.59. The molecular weight excluding hydrogens is 148 g/mol. The maximum Gasteiger partial charge on any atom is 0.0139 e. The van der Waals surface area contributed by atoms with Gasteiger partial charge in [0, 0.05) is 25.2 Å². The van der Waals surface area contributed by atoms with Crippen molar-refractivity contribution in [2.24, 2.45) is 11.7 Å². The third kappa shape index (κ3) is 2.76. The van der Waals surface area contributed by atoms with Crippen molar-refractivity contribution in [3.8, 4) is 0 Å². The Morgan fingerprint density at radius 1 is 1.42 bits per heavy atom. The third-order valence-corrected chi connectivity index (χ3v) is 2.77. The molecule has 0 spiro atoms. The number of nitrogens with zero attached hydrogens (tertiary/aromatic N) is 1. The van der Waals surface area contributed by atoms with Crippen LogP contribution in [0.15, 0.2) is 0 Å². The first-order valence-corrected chi connectivity index (χ1v) is 5.09. The van der Waals surface area contributed by atoms with E-state index in [2.05, 4.69) is 25.7 Å². The maximum absolute atomic E-state index is 5.79. The highest BCUT2D eigenvalue weighted by Crippen LogP contribution is 2.20. The zero-order valence-corrected chi connectivity index (χ0v) is 8.59. The summed E-state index contributed by atoms with van der Waals surface area (Å²) in [6.07, 6.45) is 2.73. The van der Waals surface area contributed by atoms with Gasteiger partial charge in [0.1, 0.15) is 0 Å². The number of hydrogen-bond donors (Lipinski definition) is 1. The smallest absolute Gasteiger partial charge is 0.0139 e. The summed E-state index contributed by atoms with van der Waals surface area (Å²) in [5.74, 6) is 0.861. The topological polar surface area (TPSA) is 29.3 Å². The number of rotatable bonds is 2. The van der Waals surface area contributed by atoms with Crippen LogP contribution in [0.4, 0.5) is 0 Å². The molecule has 0 radical (unpaired) electrons. The van der Waals surface area contributed by atoms with E-state index in [1.165, 1.54) is 19.4 Å². The SMILES string of the molecule is CC1CCC(C)N(C[C@@H](C)N)C1. The summed E-state index contributed by atoms with van der Waals surface area (Å²) in [4.78, 5) is 2.53. The van der Waals surface area contributed by atoms with Crippen molar-refractivity contribution >= 4 is 0 Å². The molecule has 3 atom stereocenters. The predicted octanol–water partition coefficient (Wildman–Crippen LogP) is 1.45. The van der Waals surface area contributed by atoms with Gasteiger partial charge in [0.25, 0.3) is 0 Å². The van der Waals surface area contributed by atoms with Crippen LogP contribution in [0, 0.1) is 5.92 Å². The second kappa shape index (κ2) is 4.24. The lowest BCUT2D eigenvalue weighted by Crippen LogP contribution is -2.46. The Morgan fingerprint density at radius 3 is 2.67 bits per heavy atom. The summed E-state index contributed by atoms with van der Waals surface area (Å²) < 4.78 is 0. The highest BCUT2D eigenvalue weighted by molar-refractivity contribution is 4.78. The number of piperidine rings is 1. The highest BCUT2D eigenvalue weighted by atomic mass is 15.2. The van der Waals surface area contributed by atoms with Gasteiger partial charge in [-0.3, -0.25) is 4.90 Å². The lowest BCUT2D eigenvalue weighted by atomic mass is 9.95. The Labute approximate surface area is 76.1 Å². The van der Waals surface area contributed by atoms with E-state index in [0.29, 0.717) is 6.04 Å². The average molecular weight is 170 g/mol. The standard InChI is InChI=1S/C10H22N2/c1-8-4-5-10(3)12(6-8)7-9(2)11/h8-10H,4-7,11H2,1-3H3/t8?,9-,10?/m1/s1. The average Bonchev–Trinajstić information content (AvgIpc) is 1.96. The fourth-order valence-corrected chi connectivity index (χ4v) is 2.00. The van der Waals surface area contributed by atoms with Crippen LogP contribution in [0.5, 0.6) is 0 Å². The fourth-order valence-electron chi connectivity index (χ4n) is 2.00. The minimum Gasteiger partial charge on any atom is -0.327 e. The molecule has 2 N–H and O–H groups in total. The first kappa shape index (κ1) is 10.0. The van der Waals surface area contributed by atoms with Gasteiger partial charge in [-0.2, -0.15) is 0 Å². The van der Waals surface area contributed by atoms with E-state index in [9.17, 15) is 0 Å². The molecule has 0 saturated carbocycles. The van der Waals surface area contributed by atoms with Crippen LogP contribution in [-0.4, -0.2) is 30.1 Å². The summed E-state index contributed by atoms with van der Waals surface area (Å²) in [7, 11) is 0. The van der Waals surface area contributed by atoms with E-state index in [-0.39, 0.29) is 0 Å². The quantitative estimate of drug-likeness (QED) is 0.679. The molecule has 0 aromatic carbocycles. The van der Waals surface area contributed by atoms with Gasteiger partial charge >= 0.3 is 0 Å². The Balaban J connectivity index is 2.38. The van der Waals surface area contributed by atoms with Gasteiger partial charge in [-0.1, -0.05) is 6.92 Å². The lowest BCUT2D eigenvalue weighted by molar-refractivity contribution is 0.119. The molecule has 72 valence electrons. The van der Waals surface area contributed by atoms with Crippen molar-refractivity contribution in [2.45, 2.75) is 45.7 Å². The van der Waals surface area contributed by atoms with Crippen molar-refractivity contribution < 1.29 is 0 Å².